The summed E-state index contributed by atoms with van der Waals surface area (Å²) in [6.07, 6.45) is 0.372. The van der Waals surface area contributed by atoms with E-state index in [2.05, 4.69) is 5.32 Å². The van der Waals surface area contributed by atoms with Gasteiger partial charge in [0.25, 0.3) is 0 Å². The summed E-state index contributed by atoms with van der Waals surface area (Å²) in [4.78, 5) is 12.2. The molecule has 0 bridgehead atoms. The molecule has 0 heterocycles. The topological polar surface area (TPSA) is 58.6 Å². The molecular weight excluding hydrogens is 261 g/mol. The van der Waals surface area contributed by atoms with Gasteiger partial charge in [-0.1, -0.05) is 18.2 Å². The lowest BCUT2D eigenvalue weighted by atomic mass is 9.95. The maximum Gasteiger partial charge on any atom is 0.227 e. The Hall–Kier alpha value is -1.46. The molecular formula is C15H22FNO3. The highest BCUT2D eigenvalue weighted by atomic mass is 19.1. The van der Waals surface area contributed by atoms with Crippen LogP contribution in [-0.2, 0) is 9.53 Å². The van der Waals surface area contributed by atoms with Gasteiger partial charge in [0, 0.05) is 13.7 Å². The van der Waals surface area contributed by atoms with Crippen LogP contribution in [0.1, 0.15) is 31.7 Å². The van der Waals surface area contributed by atoms with Crippen LogP contribution in [0.15, 0.2) is 24.3 Å². The smallest absolute Gasteiger partial charge is 0.227 e. The average molecular weight is 283 g/mol. The number of ether oxygens (including phenoxy) is 1. The number of aliphatic hydroxyl groups is 1. The molecule has 0 radical (unpaired) electrons. The molecule has 112 valence electrons. The zero-order chi connectivity index (χ0) is 15.2. The van der Waals surface area contributed by atoms with Crippen molar-refractivity contribution in [3.63, 3.8) is 0 Å². The maximum atomic E-state index is 13.7. The second kappa shape index (κ2) is 7.36. The van der Waals surface area contributed by atoms with Crippen LogP contribution in [0.4, 0.5) is 4.39 Å². The second-order valence-electron chi connectivity index (χ2n) is 5.20. The second-order valence-corrected chi connectivity index (χ2v) is 5.20. The van der Waals surface area contributed by atoms with Crippen LogP contribution < -0.4 is 5.32 Å². The molecule has 4 nitrogen and oxygen atoms in total. The van der Waals surface area contributed by atoms with E-state index in [1.807, 2.05) is 0 Å². The monoisotopic (exact) mass is 283 g/mol. The van der Waals surface area contributed by atoms with E-state index >= 15 is 0 Å². The summed E-state index contributed by atoms with van der Waals surface area (Å²) in [6.45, 7) is 3.66. The normalized spacial score (nSPS) is 15.4. The Kier molecular flexibility index (Phi) is 6.10. The fourth-order valence-corrected chi connectivity index (χ4v) is 2.11. The number of nitrogens with one attached hydrogen (secondary N) is 1. The third-order valence-electron chi connectivity index (χ3n) is 3.32. The minimum atomic E-state index is -0.667. The molecule has 1 rings (SSSR count). The molecule has 0 aliphatic heterocycles. The molecule has 20 heavy (non-hydrogen) atoms. The lowest BCUT2D eigenvalue weighted by molar-refractivity contribution is -0.125. The van der Waals surface area contributed by atoms with Crippen LogP contribution in [0.5, 0.6) is 0 Å². The van der Waals surface area contributed by atoms with Crippen LogP contribution in [0.2, 0.25) is 0 Å². The molecule has 2 atom stereocenters. The van der Waals surface area contributed by atoms with Crippen molar-refractivity contribution in [2.45, 2.75) is 31.7 Å². The number of methoxy groups -OCH3 is 1. The predicted molar refractivity (Wildman–Crippen MR) is 74.9 cm³/mol. The van der Waals surface area contributed by atoms with Crippen LogP contribution in [0.3, 0.4) is 0 Å². The molecule has 1 aromatic carbocycles. The first-order valence-corrected chi connectivity index (χ1v) is 6.60. The van der Waals surface area contributed by atoms with Gasteiger partial charge in [0.2, 0.25) is 5.91 Å². The molecule has 2 N–H and O–H groups in total. The number of hydrogen-bond acceptors (Lipinski definition) is 3. The van der Waals surface area contributed by atoms with Gasteiger partial charge in [-0.3, -0.25) is 4.79 Å². The lowest BCUT2D eigenvalue weighted by Crippen LogP contribution is -2.51. The zero-order valence-electron chi connectivity index (χ0n) is 12.1. The van der Waals surface area contributed by atoms with Crippen molar-refractivity contribution in [2.24, 2.45) is 0 Å². The summed E-state index contributed by atoms with van der Waals surface area (Å²) in [5.41, 5.74) is -0.311. The van der Waals surface area contributed by atoms with Gasteiger partial charge in [0.15, 0.2) is 0 Å². The molecule has 0 saturated heterocycles. The van der Waals surface area contributed by atoms with E-state index in [4.69, 9.17) is 9.84 Å². The Morgan fingerprint density at radius 3 is 2.70 bits per heavy atom. The maximum absolute atomic E-state index is 13.7. The minimum Gasteiger partial charge on any atom is -0.396 e. The van der Waals surface area contributed by atoms with Gasteiger partial charge < -0.3 is 15.2 Å². The molecule has 5 heteroatoms. The van der Waals surface area contributed by atoms with E-state index in [0.29, 0.717) is 12.0 Å². The number of carbonyl (C=O) groups excluding carboxylic acids is 1. The van der Waals surface area contributed by atoms with Crippen molar-refractivity contribution < 1.29 is 19.0 Å². The fourth-order valence-electron chi connectivity index (χ4n) is 2.11. The van der Waals surface area contributed by atoms with Crippen molar-refractivity contribution >= 4 is 5.91 Å². The molecule has 0 fully saturated rings. The summed E-state index contributed by atoms with van der Waals surface area (Å²) < 4.78 is 18.8. The molecule has 1 aromatic rings. The predicted octanol–water partition coefficient (Wildman–Crippen LogP) is 1.83. The number of halogens is 1. The van der Waals surface area contributed by atoms with Gasteiger partial charge >= 0.3 is 0 Å². The first kappa shape index (κ1) is 16.6. The molecule has 0 saturated carbocycles. The van der Waals surface area contributed by atoms with Gasteiger partial charge in [-0.2, -0.15) is 0 Å². The molecule has 1 amide bonds. The summed E-state index contributed by atoms with van der Waals surface area (Å²) in [6, 6.07) is 6.22. The number of aliphatic hydroxyl groups excluding tert-OH is 1. The molecule has 0 spiro atoms. The number of carbonyl (C=O) groups is 1. The molecule has 2 unspecified atom stereocenters. The van der Waals surface area contributed by atoms with Crippen LogP contribution in [0, 0.1) is 5.82 Å². The van der Waals surface area contributed by atoms with E-state index in [-0.39, 0.29) is 19.1 Å². The first-order valence-electron chi connectivity index (χ1n) is 6.60. The van der Waals surface area contributed by atoms with E-state index in [1.165, 1.54) is 13.2 Å². The lowest BCUT2D eigenvalue weighted by Gasteiger charge is -2.31. The molecule has 0 aliphatic carbocycles. The Morgan fingerprint density at radius 2 is 2.15 bits per heavy atom. The number of hydrogen-bond donors (Lipinski definition) is 2. The highest BCUT2D eigenvalue weighted by molar-refractivity contribution is 5.83. The van der Waals surface area contributed by atoms with Crippen molar-refractivity contribution in [3.8, 4) is 0 Å². The first-order chi connectivity index (χ1) is 9.43. The number of rotatable bonds is 7. The van der Waals surface area contributed by atoms with Crippen molar-refractivity contribution in [3.05, 3.63) is 35.6 Å². The van der Waals surface area contributed by atoms with E-state index in [0.717, 1.165) is 0 Å². The summed E-state index contributed by atoms with van der Waals surface area (Å²) in [5, 5.41) is 11.9. The Bertz CT molecular complexity index is 444. The average Bonchev–Trinajstić information content (AvgIpc) is 2.38. The zero-order valence-corrected chi connectivity index (χ0v) is 12.1. The quantitative estimate of drug-likeness (QED) is 0.802. The Morgan fingerprint density at radius 1 is 1.50 bits per heavy atom. The third-order valence-corrected chi connectivity index (χ3v) is 3.32. The number of amides is 1. The molecule has 0 aromatic heterocycles. The van der Waals surface area contributed by atoms with Gasteiger partial charge in [0.05, 0.1) is 18.1 Å². The van der Waals surface area contributed by atoms with Gasteiger partial charge in [-0.05, 0) is 31.9 Å². The van der Waals surface area contributed by atoms with Gasteiger partial charge in [0.1, 0.15) is 5.82 Å². The minimum absolute atomic E-state index is 0.0613. The fraction of sp³-hybridized carbons (Fsp3) is 0.533. The SMILES string of the molecule is COCC(C)(CCO)NC(=O)C(C)c1ccccc1F. The standard InChI is InChI=1S/C15H22FNO3/c1-11(12-6-4-5-7-13(12)16)14(19)17-15(2,8-9-18)10-20-3/h4-7,11,18H,8-10H2,1-3H3,(H,17,19). The van der Waals surface area contributed by atoms with E-state index in [9.17, 15) is 9.18 Å². The summed E-state index contributed by atoms with van der Waals surface area (Å²) in [5.74, 6) is -1.29. The van der Waals surface area contributed by atoms with Crippen LogP contribution in [-0.4, -0.2) is 36.9 Å². The van der Waals surface area contributed by atoms with E-state index in [1.54, 1.807) is 32.0 Å². The number of benzene rings is 1. The largest absolute Gasteiger partial charge is 0.396 e. The van der Waals surface area contributed by atoms with Crippen molar-refractivity contribution in [1.82, 2.24) is 5.32 Å². The van der Waals surface area contributed by atoms with Crippen molar-refractivity contribution in [1.29, 1.82) is 0 Å². The van der Waals surface area contributed by atoms with Crippen LogP contribution >= 0.6 is 0 Å². The highest BCUT2D eigenvalue weighted by Gasteiger charge is 2.29. The summed E-state index contributed by atoms with van der Waals surface area (Å²) in [7, 11) is 1.53. The van der Waals surface area contributed by atoms with Gasteiger partial charge in [-0.25, -0.2) is 4.39 Å². The Balaban J connectivity index is 2.81. The highest BCUT2D eigenvalue weighted by Crippen LogP contribution is 2.20. The van der Waals surface area contributed by atoms with Crippen LogP contribution in [0.25, 0.3) is 0 Å². The summed E-state index contributed by atoms with van der Waals surface area (Å²) >= 11 is 0. The Labute approximate surface area is 119 Å². The van der Waals surface area contributed by atoms with Crippen molar-refractivity contribution in [2.75, 3.05) is 20.3 Å². The molecule has 0 aliphatic rings. The third kappa shape index (κ3) is 4.28. The van der Waals surface area contributed by atoms with E-state index < -0.39 is 17.3 Å². The van der Waals surface area contributed by atoms with Gasteiger partial charge in [-0.15, -0.1) is 0 Å².